The van der Waals surface area contributed by atoms with E-state index in [4.69, 9.17) is 0 Å². The van der Waals surface area contributed by atoms with Gasteiger partial charge in [-0.3, -0.25) is 0 Å². The van der Waals surface area contributed by atoms with Crippen molar-refractivity contribution in [3.05, 3.63) is 0 Å². The fourth-order valence-corrected chi connectivity index (χ4v) is 4.64. The molecule has 0 radical (unpaired) electrons. The molecule has 1 atom stereocenters. The first kappa shape index (κ1) is 14.3. The highest BCUT2D eigenvalue weighted by atomic mass is 32.2. The van der Waals surface area contributed by atoms with Crippen molar-refractivity contribution in [1.82, 2.24) is 10.0 Å². The molecule has 0 aromatic rings. The number of nitrogens with one attached hydrogen (secondary N) is 2. The zero-order valence-corrected chi connectivity index (χ0v) is 12.4. The molecule has 2 fully saturated rings. The Labute approximate surface area is 111 Å². The van der Waals surface area contributed by atoms with Gasteiger partial charge >= 0.3 is 0 Å². The van der Waals surface area contributed by atoms with Gasteiger partial charge in [-0.05, 0) is 50.5 Å². The van der Waals surface area contributed by atoms with E-state index >= 15 is 0 Å². The monoisotopic (exact) mass is 274 g/mol. The van der Waals surface area contributed by atoms with Gasteiger partial charge < -0.3 is 5.32 Å². The van der Waals surface area contributed by atoms with Crippen LogP contribution in [0.25, 0.3) is 0 Å². The van der Waals surface area contributed by atoms with E-state index in [2.05, 4.69) is 23.9 Å². The molecule has 0 aromatic carbocycles. The molecule has 1 aliphatic carbocycles. The van der Waals surface area contributed by atoms with Crippen molar-refractivity contribution >= 4 is 10.0 Å². The molecule has 0 aromatic heterocycles. The summed E-state index contributed by atoms with van der Waals surface area (Å²) in [6.07, 6.45) is 5.94. The zero-order valence-electron chi connectivity index (χ0n) is 11.5. The molecule has 106 valence electrons. The summed E-state index contributed by atoms with van der Waals surface area (Å²) < 4.78 is 27.5. The lowest BCUT2D eigenvalue weighted by Gasteiger charge is -2.35. The van der Waals surface area contributed by atoms with Crippen LogP contribution in [0.5, 0.6) is 0 Å². The number of hydrogen-bond acceptors (Lipinski definition) is 3. The minimum Gasteiger partial charge on any atom is -0.315 e. The second-order valence-corrected chi connectivity index (χ2v) is 8.56. The molecule has 18 heavy (non-hydrogen) atoms. The summed E-state index contributed by atoms with van der Waals surface area (Å²) in [5.41, 5.74) is 0.383. The van der Waals surface area contributed by atoms with Crippen molar-refractivity contribution in [2.45, 2.75) is 63.7 Å². The number of sulfonamides is 1. The average Bonchev–Trinajstić information content (AvgIpc) is 2.33. The fraction of sp³-hybridized carbons (Fsp3) is 1.00. The molecule has 0 bridgehead atoms. The molecule has 2 aliphatic rings. The number of rotatable bonds is 3. The molecule has 1 heterocycles. The molecule has 0 amide bonds. The summed E-state index contributed by atoms with van der Waals surface area (Å²) in [5.74, 6) is 0. The van der Waals surface area contributed by atoms with Crippen molar-refractivity contribution in [3.63, 3.8) is 0 Å². The van der Waals surface area contributed by atoms with Gasteiger partial charge in [-0.2, -0.15) is 0 Å². The molecule has 1 aliphatic heterocycles. The van der Waals surface area contributed by atoms with Crippen LogP contribution in [0.2, 0.25) is 0 Å². The molecule has 5 heteroatoms. The van der Waals surface area contributed by atoms with E-state index < -0.39 is 10.0 Å². The third kappa shape index (κ3) is 3.68. The van der Waals surface area contributed by atoms with Crippen LogP contribution in [0.15, 0.2) is 0 Å². The van der Waals surface area contributed by atoms with E-state index in [-0.39, 0.29) is 11.3 Å². The van der Waals surface area contributed by atoms with Gasteiger partial charge in [-0.25, -0.2) is 13.1 Å². The highest BCUT2D eigenvalue weighted by molar-refractivity contribution is 7.90. The molecular weight excluding hydrogens is 248 g/mol. The first-order valence-electron chi connectivity index (χ1n) is 7.11. The van der Waals surface area contributed by atoms with Gasteiger partial charge in [0.15, 0.2) is 0 Å². The van der Waals surface area contributed by atoms with Crippen molar-refractivity contribution in [2.75, 3.05) is 13.1 Å². The van der Waals surface area contributed by atoms with Crippen molar-refractivity contribution in [1.29, 1.82) is 0 Å². The van der Waals surface area contributed by atoms with Crippen LogP contribution in [-0.4, -0.2) is 32.8 Å². The van der Waals surface area contributed by atoms with Gasteiger partial charge in [0.2, 0.25) is 10.0 Å². The molecule has 1 unspecified atom stereocenters. The zero-order chi connectivity index (χ0) is 13.2. The number of hydrogen-bond donors (Lipinski definition) is 2. The summed E-state index contributed by atoms with van der Waals surface area (Å²) in [5, 5.41) is 2.94. The molecule has 4 nitrogen and oxygen atoms in total. The highest BCUT2D eigenvalue weighted by Gasteiger charge is 2.32. The van der Waals surface area contributed by atoms with Crippen LogP contribution < -0.4 is 10.0 Å². The Hall–Kier alpha value is -0.130. The molecule has 2 rings (SSSR count). The Morgan fingerprint density at radius 3 is 2.39 bits per heavy atom. The first-order chi connectivity index (χ1) is 8.39. The largest absolute Gasteiger partial charge is 0.315 e. The first-order valence-corrected chi connectivity index (χ1v) is 8.66. The maximum atomic E-state index is 12.3. The third-order valence-corrected chi connectivity index (χ3v) is 6.30. The molecular formula is C13H26N2O2S. The summed E-state index contributed by atoms with van der Waals surface area (Å²) in [6, 6.07) is 0.157. The Kier molecular flexibility index (Phi) is 4.34. The Balaban J connectivity index is 1.88. The van der Waals surface area contributed by atoms with E-state index in [1.807, 2.05) is 0 Å². The summed E-state index contributed by atoms with van der Waals surface area (Å²) >= 11 is 0. The van der Waals surface area contributed by atoms with Crippen LogP contribution >= 0.6 is 0 Å². The van der Waals surface area contributed by atoms with Gasteiger partial charge in [0, 0.05) is 12.6 Å². The standard InChI is InChI=1S/C13H26N2O2S/c1-13(2)7-5-11(6-8-13)15-18(16,17)12-4-3-9-14-10-12/h11-12,14-15H,3-10H2,1-2H3. The molecule has 2 N–H and O–H groups in total. The van der Waals surface area contributed by atoms with E-state index in [0.29, 0.717) is 12.0 Å². The molecule has 1 saturated heterocycles. The summed E-state index contributed by atoms with van der Waals surface area (Å²) in [4.78, 5) is 0. The van der Waals surface area contributed by atoms with Crippen molar-refractivity contribution in [2.24, 2.45) is 5.41 Å². The summed E-state index contributed by atoms with van der Waals surface area (Å²) in [6.45, 7) is 6.09. The lowest BCUT2D eigenvalue weighted by atomic mass is 9.76. The predicted octanol–water partition coefficient (Wildman–Crippen LogP) is 1.63. The SMILES string of the molecule is CC1(C)CCC(NS(=O)(=O)C2CCCNC2)CC1. The molecule has 1 saturated carbocycles. The van der Waals surface area contributed by atoms with Crippen molar-refractivity contribution < 1.29 is 8.42 Å². The maximum Gasteiger partial charge on any atom is 0.215 e. The Bertz CT molecular complexity index is 362. The minimum atomic E-state index is -3.13. The summed E-state index contributed by atoms with van der Waals surface area (Å²) in [7, 11) is -3.13. The van der Waals surface area contributed by atoms with Gasteiger partial charge in [-0.15, -0.1) is 0 Å². The van der Waals surface area contributed by atoms with Gasteiger partial charge in [0.05, 0.1) is 5.25 Å². The second-order valence-electron chi connectivity index (χ2n) is 6.57. The maximum absolute atomic E-state index is 12.3. The van der Waals surface area contributed by atoms with Crippen LogP contribution in [0.4, 0.5) is 0 Å². The van der Waals surface area contributed by atoms with E-state index in [0.717, 1.165) is 45.1 Å². The van der Waals surface area contributed by atoms with Crippen LogP contribution in [0, 0.1) is 5.41 Å². The minimum absolute atomic E-state index is 0.157. The van der Waals surface area contributed by atoms with E-state index in [1.165, 1.54) is 0 Å². The average molecular weight is 274 g/mol. The van der Waals surface area contributed by atoms with E-state index in [9.17, 15) is 8.42 Å². The quantitative estimate of drug-likeness (QED) is 0.822. The Morgan fingerprint density at radius 1 is 1.17 bits per heavy atom. The Morgan fingerprint density at radius 2 is 1.83 bits per heavy atom. The lowest BCUT2D eigenvalue weighted by molar-refractivity contribution is 0.218. The second kappa shape index (κ2) is 5.47. The molecule has 0 spiro atoms. The van der Waals surface area contributed by atoms with E-state index in [1.54, 1.807) is 0 Å². The predicted molar refractivity (Wildman–Crippen MR) is 74.0 cm³/mol. The van der Waals surface area contributed by atoms with Gasteiger partial charge in [0.25, 0.3) is 0 Å². The van der Waals surface area contributed by atoms with Crippen molar-refractivity contribution in [3.8, 4) is 0 Å². The van der Waals surface area contributed by atoms with Gasteiger partial charge in [-0.1, -0.05) is 13.8 Å². The van der Waals surface area contributed by atoms with Crippen LogP contribution in [0.3, 0.4) is 0 Å². The van der Waals surface area contributed by atoms with Crippen LogP contribution in [-0.2, 0) is 10.0 Å². The normalized spacial score (nSPS) is 30.2. The van der Waals surface area contributed by atoms with Crippen LogP contribution in [0.1, 0.15) is 52.4 Å². The topological polar surface area (TPSA) is 58.2 Å². The highest BCUT2D eigenvalue weighted by Crippen LogP contribution is 2.35. The fourth-order valence-electron chi connectivity index (χ4n) is 2.93. The smallest absolute Gasteiger partial charge is 0.215 e. The lowest BCUT2D eigenvalue weighted by Crippen LogP contribution is -2.48. The third-order valence-electron chi connectivity index (χ3n) is 4.36. The number of piperidine rings is 1. The van der Waals surface area contributed by atoms with Gasteiger partial charge in [0.1, 0.15) is 0 Å².